The van der Waals surface area contributed by atoms with Crippen LogP contribution in [-0.4, -0.2) is 9.13 Å². The Morgan fingerprint density at radius 2 is 0.597 bits per heavy atom. The molecule has 13 rings (SSSR count). The number of aryl methyl sites for hydroxylation is 2. The third-order valence-electron chi connectivity index (χ3n) is 14.9. The zero-order chi connectivity index (χ0) is 48.1. The maximum absolute atomic E-state index is 2.42. The summed E-state index contributed by atoms with van der Waals surface area (Å²) in [5.74, 6) is 0. The van der Waals surface area contributed by atoms with Gasteiger partial charge in [0.25, 0.3) is 0 Å². The van der Waals surface area contributed by atoms with E-state index in [0.717, 1.165) is 13.1 Å². The molecule has 0 aliphatic rings. The summed E-state index contributed by atoms with van der Waals surface area (Å²) in [6.45, 7) is 6.32. The Labute approximate surface area is 420 Å². The largest absolute Gasteiger partial charge is 0.341 e. The minimum absolute atomic E-state index is 0.932. The molecule has 0 fully saturated rings. The Kier molecular flexibility index (Phi) is 10.8. The van der Waals surface area contributed by atoms with Crippen molar-refractivity contribution in [1.29, 1.82) is 0 Å². The molecule has 342 valence electrons. The van der Waals surface area contributed by atoms with Crippen LogP contribution < -0.4 is 0 Å². The van der Waals surface area contributed by atoms with Crippen LogP contribution in [0.4, 0.5) is 0 Å². The highest BCUT2D eigenvalue weighted by Crippen LogP contribution is 2.45. The van der Waals surface area contributed by atoms with Gasteiger partial charge in [-0.3, -0.25) is 0 Å². The molecule has 72 heavy (non-hydrogen) atoms. The maximum atomic E-state index is 2.42. The average Bonchev–Trinajstić information content (AvgIpc) is 3.95. The fourth-order valence-electron chi connectivity index (χ4n) is 11.6. The van der Waals surface area contributed by atoms with Gasteiger partial charge in [0, 0.05) is 56.7 Å². The van der Waals surface area contributed by atoms with Crippen molar-refractivity contribution in [2.24, 2.45) is 0 Å². The van der Waals surface area contributed by atoms with E-state index in [0.29, 0.717) is 0 Å². The number of benzene rings is 11. The van der Waals surface area contributed by atoms with Gasteiger partial charge in [0.1, 0.15) is 0 Å². The van der Waals surface area contributed by atoms with Gasteiger partial charge in [0.05, 0.1) is 0 Å². The summed E-state index contributed by atoms with van der Waals surface area (Å²) >= 11 is 0. The van der Waals surface area contributed by atoms with Crippen molar-refractivity contribution in [2.75, 3.05) is 0 Å². The highest BCUT2D eigenvalue weighted by molar-refractivity contribution is 6.21. The fourth-order valence-corrected chi connectivity index (χ4v) is 11.6. The summed E-state index contributed by atoms with van der Waals surface area (Å²) in [4.78, 5) is 0. The SMILES string of the molecule is CCn1c2ccccc2c2cc(/C=C(\c3ccccc3)c3ccc(-c4c5ccccc5c(-c5ccc(/C(=C/c6ccc7c(c6)c6ccccc6n7CC)c6ccccc6)cc5)c5ccccc45)cc3)ccc21. The normalized spacial score (nSPS) is 12.3. The average molecular weight is 921 g/mol. The van der Waals surface area contributed by atoms with Gasteiger partial charge >= 0.3 is 0 Å². The van der Waals surface area contributed by atoms with Crippen LogP contribution in [-0.2, 0) is 13.1 Å². The zero-order valence-electron chi connectivity index (χ0n) is 40.6. The minimum atomic E-state index is 0.932. The highest BCUT2D eigenvalue weighted by atomic mass is 15.0. The minimum Gasteiger partial charge on any atom is -0.341 e. The maximum Gasteiger partial charge on any atom is 0.0491 e. The number of hydrogen-bond acceptors (Lipinski definition) is 0. The van der Waals surface area contributed by atoms with Crippen molar-refractivity contribution >= 4 is 88.5 Å². The van der Waals surface area contributed by atoms with E-state index >= 15 is 0 Å². The topological polar surface area (TPSA) is 9.86 Å². The Morgan fingerprint density at radius 3 is 0.958 bits per heavy atom. The van der Waals surface area contributed by atoms with Crippen LogP contribution in [0, 0.1) is 0 Å². The predicted molar refractivity (Wildman–Crippen MR) is 309 cm³/mol. The summed E-state index contributed by atoms with van der Waals surface area (Å²) in [7, 11) is 0. The summed E-state index contributed by atoms with van der Waals surface area (Å²) in [5, 5.41) is 10.1. The Balaban J connectivity index is 0.897. The van der Waals surface area contributed by atoms with E-state index in [1.165, 1.54) is 132 Å². The van der Waals surface area contributed by atoms with Gasteiger partial charge in [0.2, 0.25) is 0 Å². The molecule has 2 aromatic heterocycles. The molecule has 0 unspecified atom stereocenters. The van der Waals surface area contributed by atoms with E-state index in [9.17, 15) is 0 Å². The molecule has 0 amide bonds. The quantitative estimate of drug-likeness (QED) is 0.0955. The number of nitrogens with zero attached hydrogens (tertiary/aromatic N) is 2. The van der Waals surface area contributed by atoms with E-state index < -0.39 is 0 Å². The van der Waals surface area contributed by atoms with E-state index in [-0.39, 0.29) is 0 Å². The molecule has 0 aliphatic heterocycles. The Bertz CT molecular complexity index is 3910. The molecule has 11 aromatic carbocycles. The van der Waals surface area contributed by atoms with E-state index in [1.54, 1.807) is 0 Å². The second-order valence-electron chi connectivity index (χ2n) is 18.9. The van der Waals surface area contributed by atoms with Crippen LogP contribution in [0.1, 0.15) is 47.2 Å². The fraction of sp³-hybridized carbons (Fsp3) is 0.0571. The van der Waals surface area contributed by atoms with E-state index in [2.05, 4.69) is 278 Å². The lowest BCUT2D eigenvalue weighted by Gasteiger charge is -2.18. The zero-order valence-corrected chi connectivity index (χ0v) is 40.6. The summed E-state index contributed by atoms with van der Waals surface area (Å²) < 4.78 is 4.84. The monoisotopic (exact) mass is 920 g/mol. The number of rotatable bonds is 10. The van der Waals surface area contributed by atoms with Crippen molar-refractivity contribution in [2.45, 2.75) is 26.9 Å². The molecule has 0 atom stereocenters. The van der Waals surface area contributed by atoms with Gasteiger partial charge in [0.15, 0.2) is 0 Å². The number of para-hydroxylation sites is 2. The molecule has 0 spiro atoms. The van der Waals surface area contributed by atoms with Crippen molar-refractivity contribution in [1.82, 2.24) is 9.13 Å². The van der Waals surface area contributed by atoms with Crippen LogP contribution in [0.5, 0.6) is 0 Å². The van der Waals surface area contributed by atoms with E-state index in [1.807, 2.05) is 0 Å². The molecular weight excluding hydrogens is 869 g/mol. The number of aromatic nitrogens is 2. The molecular formula is C70H52N2. The third kappa shape index (κ3) is 7.34. The lowest BCUT2D eigenvalue weighted by atomic mass is 9.85. The van der Waals surface area contributed by atoms with Crippen molar-refractivity contribution in [3.63, 3.8) is 0 Å². The number of hydrogen-bond donors (Lipinski definition) is 0. The second-order valence-corrected chi connectivity index (χ2v) is 18.9. The Morgan fingerprint density at radius 1 is 0.292 bits per heavy atom. The Hall–Kier alpha value is -8.98. The molecule has 0 N–H and O–H groups in total. The van der Waals surface area contributed by atoms with Gasteiger partial charge in [-0.1, -0.05) is 206 Å². The van der Waals surface area contributed by atoms with Crippen LogP contribution >= 0.6 is 0 Å². The molecule has 2 nitrogen and oxygen atoms in total. The molecule has 0 saturated heterocycles. The molecule has 13 aromatic rings. The van der Waals surface area contributed by atoms with Gasteiger partial charge in [-0.05, 0) is 151 Å². The van der Waals surface area contributed by atoms with Crippen LogP contribution in [0.3, 0.4) is 0 Å². The summed E-state index contributed by atoms with van der Waals surface area (Å²) in [5.41, 5.74) is 19.5. The molecule has 0 saturated carbocycles. The smallest absolute Gasteiger partial charge is 0.0491 e. The first-order valence-electron chi connectivity index (χ1n) is 25.3. The van der Waals surface area contributed by atoms with Crippen LogP contribution in [0.25, 0.3) is 111 Å². The molecule has 0 radical (unpaired) electrons. The lowest BCUT2D eigenvalue weighted by molar-refractivity contribution is 0.827. The third-order valence-corrected chi connectivity index (χ3v) is 14.9. The summed E-state index contributed by atoms with van der Waals surface area (Å²) in [6.07, 6.45) is 4.72. The van der Waals surface area contributed by atoms with Crippen LogP contribution in [0.15, 0.2) is 243 Å². The van der Waals surface area contributed by atoms with Gasteiger partial charge < -0.3 is 9.13 Å². The lowest BCUT2D eigenvalue weighted by Crippen LogP contribution is -1.93. The molecule has 2 heterocycles. The van der Waals surface area contributed by atoms with Crippen LogP contribution in [0.2, 0.25) is 0 Å². The molecule has 0 bridgehead atoms. The second kappa shape index (κ2) is 18.1. The van der Waals surface area contributed by atoms with Crippen molar-refractivity contribution in [3.05, 3.63) is 276 Å². The number of fused-ring (bicyclic) bond motifs is 8. The first-order chi connectivity index (χ1) is 35.6. The van der Waals surface area contributed by atoms with Gasteiger partial charge in [-0.15, -0.1) is 0 Å². The molecule has 0 aliphatic carbocycles. The van der Waals surface area contributed by atoms with Crippen molar-refractivity contribution in [3.8, 4) is 22.3 Å². The predicted octanol–water partition coefficient (Wildman–Crippen LogP) is 18.8. The molecule has 2 heteroatoms. The van der Waals surface area contributed by atoms with E-state index in [4.69, 9.17) is 0 Å². The first kappa shape index (κ1) is 43.1. The van der Waals surface area contributed by atoms with Gasteiger partial charge in [-0.2, -0.15) is 0 Å². The highest BCUT2D eigenvalue weighted by Gasteiger charge is 2.19. The summed E-state index contributed by atoms with van der Waals surface area (Å²) in [6, 6.07) is 89.5. The standard InChI is InChI=1S/C70H52N2/c1-3-71-65-29-17-15-23-55(65)63-45-47(31-41-67(63)71)43-61(49-19-7-5-8-20-49)51-33-37-53(38-34-51)69-57-25-11-13-27-59(57)70(60-28-14-12-26-58(60)69)54-39-35-52(36-40-54)62(50-21-9-6-10-22-50)44-48-32-42-68-64(46-48)56-24-16-18-30-66(56)72(68)4-2/h5-46H,3-4H2,1-2H3/b61-43+,62-44+. The van der Waals surface area contributed by atoms with Crippen molar-refractivity contribution < 1.29 is 0 Å². The first-order valence-corrected chi connectivity index (χ1v) is 25.3. The van der Waals surface area contributed by atoms with Gasteiger partial charge in [-0.25, -0.2) is 0 Å².